The molecule has 0 amide bonds. The summed E-state index contributed by atoms with van der Waals surface area (Å²) >= 11 is 0. The molecule has 1 saturated heterocycles. The minimum absolute atomic E-state index is 0. The minimum atomic E-state index is -2.99. The zero-order chi connectivity index (χ0) is 15.0. The molecular formula is C13H29IN4O2S. The molecule has 1 aliphatic rings. The van der Waals surface area contributed by atoms with Gasteiger partial charge in [-0.1, -0.05) is 13.8 Å². The van der Waals surface area contributed by atoms with Crippen molar-refractivity contribution in [3.8, 4) is 0 Å². The van der Waals surface area contributed by atoms with Gasteiger partial charge < -0.3 is 10.6 Å². The van der Waals surface area contributed by atoms with Crippen LogP contribution in [0.2, 0.25) is 0 Å². The number of sulfonamides is 1. The van der Waals surface area contributed by atoms with Gasteiger partial charge in [0.1, 0.15) is 0 Å². The van der Waals surface area contributed by atoms with Gasteiger partial charge in [0.15, 0.2) is 5.96 Å². The van der Waals surface area contributed by atoms with Crippen molar-refractivity contribution in [1.29, 1.82) is 0 Å². The Morgan fingerprint density at radius 2 is 1.95 bits per heavy atom. The Balaban J connectivity index is 0.00000400. The minimum Gasteiger partial charge on any atom is -0.356 e. The second kappa shape index (κ2) is 10.6. The first-order valence-corrected chi connectivity index (χ1v) is 8.99. The summed E-state index contributed by atoms with van der Waals surface area (Å²) in [7, 11) is -1.26. The highest BCUT2D eigenvalue weighted by molar-refractivity contribution is 14.0. The first-order valence-electron chi connectivity index (χ1n) is 7.38. The van der Waals surface area contributed by atoms with Gasteiger partial charge in [-0.15, -0.1) is 24.0 Å². The molecule has 21 heavy (non-hydrogen) atoms. The highest BCUT2D eigenvalue weighted by atomic mass is 127. The summed E-state index contributed by atoms with van der Waals surface area (Å²) in [5, 5.41) is 6.40. The Morgan fingerprint density at radius 1 is 1.29 bits per heavy atom. The first-order chi connectivity index (χ1) is 9.45. The Hall–Kier alpha value is -0.0900. The lowest BCUT2D eigenvalue weighted by Crippen LogP contribution is -2.42. The smallest absolute Gasteiger partial charge is 0.214 e. The molecule has 0 aromatic heterocycles. The van der Waals surface area contributed by atoms with Gasteiger partial charge in [0.2, 0.25) is 10.0 Å². The summed E-state index contributed by atoms with van der Waals surface area (Å²) in [5.74, 6) is 1.74. The van der Waals surface area contributed by atoms with Crippen molar-refractivity contribution in [2.24, 2.45) is 10.9 Å². The van der Waals surface area contributed by atoms with Crippen molar-refractivity contribution in [2.75, 3.05) is 39.0 Å². The van der Waals surface area contributed by atoms with Crippen LogP contribution in [0, 0.1) is 5.92 Å². The van der Waals surface area contributed by atoms with E-state index < -0.39 is 10.0 Å². The number of hydrogen-bond donors (Lipinski definition) is 2. The van der Waals surface area contributed by atoms with E-state index in [0.717, 1.165) is 25.3 Å². The molecule has 1 heterocycles. The monoisotopic (exact) mass is 432 g/mol. The number of aliphatic imine (C=N–C) groups is 1. The van der Waals surface area contributed by atoms with E-state index in [1.54, 1.807) is 11.4 Å². The number of guanidine groups is 1. The van der Waals surface area contributed by atoms with Crippen molar-refractivity contribution in [2.45, 2.75) is 33.1 Å². The van der Waals surface area contributed by atoms with Gasteiger partial charge in [0, 0.05) is 33.2 Å². The fraction of sp³-hybridized carbons (Fsp3) is 0.923. The van der Waals surface area contributed by atoms with E-state index in [2.05, 4.69) is 29.5 Å². The molecule has 126 valence electrons. The molecule has 0 aromatic carbocycles. The van der Waals surface area contributed by atoms with Gasteiger partial charge in [0.05, 0.1) is 5.75 Å². The van der Waals surface area contributed by atoms with E-state index >= 15 is 0 Å². The molecule has 0 aromatic rings. The summed E-state index contributed by atoms with van der Waals surface area (Å²) in [6.07, 6.45) is 3.04. The molecule has 8 heteroatoms. The second-order valence-corrected chi connectivity index (χ2v) is 7.62. The van der Waals surface area contributed by atoms with Crippen molar-refractivity contribution in [3.63, 3.8) is 0 Å². The van der Waals surface area contributed by atoms with Crippen LogP contribution in [-0.2, 0) is 10.0 Å². The first kappa shape index (κ1) is 20.9. The Bertz CT molecular complexity index is 412. The number of halogens is 1. The molecule has 0 unspecified atom stereocenters. The molecule has 2 N–H and O–H groups in total. The van der Waals surface area contributed by atoms with Gasteiger partial charge in [0.25, 0.3) is 0 Å². The fourth-order valence-corrected chi connectivity index (χ4v) is 3.71. The zero-order valence-electron chi connectivity index (χ0n) is 13.3. The highest BCUT2D eigenvalue weighted by Gasteiger charge is 2.27. The molecule has 0 bridgehead atoms. The molecule has 0 atom stereocenters. The third kappa shape index (κ3) is 8.20. The van der Waals surface area contributed by atoms with E-state index in [0.29, 0.717) is 25.6 Å². The largest absolute Gasteiger partial charge is 0.356 e. The molecule has 0 spiro atoms. The average Bonchev–Trinajstić information content (AvgIpc) is 2.71. The lowest BCUT2D eigenvalue weighted by Gasteiger charge is -2.16. The number of hydrogen-bond acceptors (Lipinski definition) is 3. The average molecular weight is 432 g/mol. The summed E-state index contributed by atoms with van der Waals surface area (Å²) in [6, 6.07) is 0. The van der Waals surface area contributed by atoms with Crippen LogP contribution >= 0.6 is 24.0 Å². The third-order valence-corrected chi connectivity index (χ3v) is 5.29. The molecule has 0 aliphatic carbocycles. The van der Waals surface area contributed by atoms with Crippen LogP contribution in [0.4, 0.5) is 0 Å². The molecule has 0 radical (unpaired) electrons. The fourth-order valence-electron chi connectivity index (χ4n) is 2.18. The quantitative estimate of drug-likeness (QED) is 0.275. The number of rotatable bonds is 7. The lowest BCUT2D eigenvalue weighted by molar-refractivity contribution is 0.445. The van der Waals surface area contributed by atoms with Crippen molar-refractivity contribution >= 4 is 40.0 Å². The van der Waals surface area contributed by atoms with E-state index in [1.165, 1.54) is 6.42 Å². The van der Waals surface area contributed by atoms with Crippen LogP contribution in [-0.4, -0.2) is 57.7 Å². The number of nitrogens with one attached hydrogen (secondary N) is 2. The van der Waals surface area contributed by atoms with Crippen molar-refractivity contribution in [3.05, 3.63) is 0 Å². The highest BCUT2D eigenvalue weighted by Crippen LogP contribution is 2.11. The summed E-state index contributed by atoms with van der Waals surface area (Å²) in [6.45, 7) is 7.05. The van der Waals surface area contributed by atoms with Gasteiger partial charge in [-0.3, -0.25) is 4.99 Å². The predicted molar refractivity (Wildman–Crippen MR) is 98.8 cm³/mol. The van der Waals surface area contributed by atoms with E-state index in [1.807, 2.05) is 0 Å². The Kier molecular flexibility index (Phi) is 10.6. The molecule has 6 nitrogen and oxygen atoms in total. The molecule has 1 aliphatic heterocycles. The predicted octanol–water partition coefficient (Wildman–Crippen LogP) is 1.24. The lowest BCUT2D eigenvalue weighted by atomic mass is 10.1. The zero-order valence-corrected chi connectivity index (χ0v) is 16.4. The maximum Gasteiger partial charge on any atom is 0.214 e. The number of nitrogens with zero attached hydrogens (tertiary/aromatic N) is 2. The Morgan fingerprint density at radius 3 is 2.48 bits per heavy atom. The van der Waals surface area contributed by atoms with Crippen LogP contribution in [0.1, 0.15) is 33.1 Å². The normalized spacial score (nSPS) is 18.6. The van der Waals surface area contributed by atoms with Gasteiger partial charge >= 0.3 is 0 Å². The summed E-state index contributed by atoms with van der Waals surface area (Å²) in [5.41, 5.74) is 0. The Labute approximate surface area is 146 Å². The van der Waals surface area contributed by atoms with Crippen LogP contribution in [0.25, 0.3) is 0 Å². The van der Waals surface area contributed by atoms with Crippen LogP contribution in [0.15, 0.2) is 4.99 Å². The topological polar surface area (TPSA) is 73.8 Å². The molecular weight excluding hydrogens is 403 g/mol. The van der Waals surface area contributed by atoms with Crippen LogP contribution in [0.3, 0.4) is 0 Å². The van der Waals surface area contributed by atoms with Gasteiger partial charge in [-0.05, 0) is 25.2 Å². The van der Waals surface area contributed by atoms with E-state index in [9.17, 15) is 8.42 Å². The van der Waals surface area contributed by atoms with Gasteiger partial charge in [-0.2, -0.15) is 0 Å². The maximum atomic E-state index is 11.6. The summed E-state index contributed by atoms with van der Waals surface area (Å²) < 4.78 is 24.8. The molecule has 1 fully saturated rings. The van der Waals surface area contributed by atoms with Crippen molar-refractivity contribution < 1.29 is 8.42 Å². The second-order valence-electron chi connectivity index (χ2n) is 5.53. The van der Waals surface area contributed by atoms with Crippen LogP contribution in [0.5, 0.6) is 0 Å². The van der Waals surface area contributed by atoms with Gasteiger partial charge in [-0.25, -0.2) is 12.7 Å². The summed E-state index contributed by atoms with van der Waals surface area (Å²) in [4.78, 5) is 4.13. The molecule has 0 saturated carbocycles. The SMILES string of the molecule is CN=C(NCCCC(C)C)NCCN1CCCS1(=O)=O.I. The van der Waals surface area contributed by atoms with E-state index in [4.69, 9.17) is 0 Å². The molecule has 1 rings (SSSR count). The van der Waals surface area contributed by atoms with E-state index in [-0.39, 0.29) is 29.7 Å². The van der Waals surface area contributed by atoms with Crippen molar-refractivity contribution in [1.82, 2.24) is 14.9 Å². The van der Waals surface area contributed by atoms with Crippen LogP contribution < -0.4 is 10.6 Å². The maximum absolute atomic E-state index is 11.6. The standard InChI is InChI=1S/C13H28N4O2S.HI/c1-12(2)6-4-7-15-13(14-3)16-8-10-17-9-5-11-20(17,18)19;/h12H,4-11H2,1-3H3,(H2,14,15,16);1H. The third-order valence-electron chi connectivity index (χ3n) is 3.33.